The Morgan fingerprint density at radius 2 is 1.50 bits per heavy atom. The van der Waals surface area contributed by atoms with Gasteiger partial charge in [0.15, 0.2) is 0 Å². The summed E-state index contributed by atoms with van der Waals surface area (Å²) in [6, 6.07) is 21.1. The van der Waals surface area contributed by atoms with E-state index in [9.17, 15) is 18.0 Å². The van der Waals surface area contributed by atoms with Crippen LogP contribution in [0.4, 0.5) is 5.69 Å². The van der Waals surface area contributed by atoms with Crippen molar-refractivity contribution < 1.29 is 18.0 Å². The third kappa shape index (κ3) is 5.48. The van der Waals surface area contributed by atoms with Crippen molar-refractivity contribution in [1.82, 2.24) is 4.31 Å². The van der Waals surface area contributed by atoms with Crippen molar-refractivity contribution in [2.24, 2.45) is 5.73 Å². The van der Waals surface area contributed by atoms with Gasteiger partial charge in [-0.1, -0.05) is 36.4 Å². The Labute approximate surface area is 187 Å². The standard InChI is InChI=1S/C24H23N3O4S/c1-2-16-27(32(30,31)22-6-4-3-5-7-22)17-18-8-10-20(11-9-18)24(29)26-21-14-12-19(13-15-21)23(25)28/h2-15H,1,16-17H2,(H2,25,28)(H,26,29). The smallest absolute Gasteiger partial charge is 0.255 e. The van der Waals surface area contributed by atoms with E-state index in [1.165, 1.54) is 22.5 Å². The molecule has 164 valence electrons. The quantitative estimate of drug-likeness (QED) is 0.488. The number of carbonyl (C=O) groups is 2. The van der Waals surface area contributed by atoms with Crippen LogP contribution in [0.1, 0.15) is 26.3 Å². The number of benzene rings is 3. The van der Waals surface area contributed by atoms with Gasteiger partial charge in [-0.2, -0.15) is 4.31 Å². The van der Waals surface area contributed by atoms with Crippen molar-refractivity contribution in [2.45, 2.75) is 11.4 Å². The van der Waals surface area contributed by atoms with Crippen molar-refractivity contribution in [2.75, 3.05) is 11.9 Å². The third-order valence-electron chi connectivity index (χ3n) is 4.72. The molecule has 3 N–H and O–H groups in total. The van der Waals surface area contributed by atoms with Crippen molar-refractivity contribution in [1.29, 1.82) is 0 Å². The molecule has 0 unspecified atom stereocenters. The predicted molar refractivity (Wildman–Crippen MR) is 124 cm³/mol. The summed E-state index contributed by atoms with van der Waals surface area (Å²) in [6.45, 7) is 3.95. The number of nitrogens with two attached hydrogens (primary N) is 1. The highest BCUT2D eigenvalue weighted by atomic mass is 32.2. The molecule has 32 heavy (non-hydrogen) atoms. The van der Waals surface area contributed by atoms with Gasteiger partial charge in [-0.25, -0.2) is 8.42 Å². The Kier molecular flexibility index (Phi) is 7.19. The largest absolute Gasteiger partial charge is 0.366 e. The molecule has 0 aliphatic carbocycles. The molecule has 0 bridgehead atoms. The second-order valence-corrected chi connectivity index (χ2v) is 8.93. The molecule has 0 saturated heterocycles. The van der Waals surface area contributed by atoms with Crippen molar-refractivity contribution >= 4 is 27.5 Å². The van der Waals surface area contributed by atoms with Crippen LogP contribution in [0.5, 0.6) is 0 Å². The molecule has 0 saturated carbocycles. The van der Waals surface area contributed by atoms with Gasteiger partial charge in [0, 0.05) is 29.9 Å². The summed E-state index contributed by atoms with van der Waals surface area (Å²) >= 11 is 0. The molecule has 0 atom stereocenters. The van der Waals surface area contributed by atoms with Crippen LogP contribution in [0.25, 0.3) is 0 Å². The van der Waals surface area contributed by atoms with Crippen molar-refractivity contribution in [3.8, 4) is 0 Å². The van der Waals surface area contributed by atoms with E-state index >= 15 is 0 Å². The van der Waals surface area contributed by atoms with Gasteiger partial charge in [0.2, 0.25) is 15.9 Å². The monoisotopic (exact) mass is 449 g/mol. The van der Waals surface area contributed by atoms with Crippen LogP contribution in [-0.4, -0.2) is 31.1 Å². The lowest BCUT2D eigenvalue weighted by Gasteiger charge is -2.21. The zero-order chi connectivity index (χ0) is 23.1. The molecule has 2 amide bonds. The lowest BCUT2D eigenvalue weighted by Crippen LogP contribution is -2.30. The minimum Gasteiger partial charge on any atom is -0.366 e. The van der Waals surface area contributed by atoms with E-state index in [0.29, 0.717) is 16.8 Å². The lowest BCUT2D eigenvalue weighted by atomic mass is 10.1. The fraction of sp³-hybridized carbons (Fsp3) is 0.0833. The van der Waals surface area contributed by atoms with Crippen molar-refractivity contribution in [3.63, 3.8) is 0 Å². The maximum absolute atomic E-state index is 13.0. The van der Waals surface area contributed by atoms with E-state index in [0.717, 1.165) is 5.56 Å². The van der Waals surface area contributed by atoms with E-state index in [2.05, 4.69) is 11.9 Å². The highest BCUT2D eigenvalue weighted by Crippen LogP contribution is 2.19. The average molecular weight is 450 g/mol. The van der Waals surface area contributed by atoms with Crippen LogP contribution in [-0.2, 0) is 16.6 Å². The molecule has 3 aromatic rings. The topological polar surface area (TPSA) is 110 Å². The van der Waals surface area contributed by atoms with Crippen LogP contribution in [0.2, 0.25) is 0 Å². The Balaban J connectivity index is 1.71. The molecule has 0 aliphatic heterocycles. The molecule has 0 heterocycles. The maximum atomic E-state index is 13.0. The van der Waals surface area contributed by atoms with Gasteiger partial charge in [0.25, 0.3) is 5.91 Å². The molecule has 3 aromatic carbocycles. The number of nitrogens with zero attached hydrogens (tertiary/aromatic N) is 1. The number of primary amides is 1. The first-order valence-corrected chi connectivity index (χ1v) is 11.2. The number of anilines is 1. The molecule has 8 heteroatoms. The zero-order valence-electron chi connectivity index (χ0n) is 17.3. The predicted octanol–water partition coefficient (Wildman–Crippen LogP) is 3.41. The fourth-order valence-corrected chi connectivity index (χ4v) is 4.44. The van der Waals surface area contributed by atoms with E-state index < -0.39 is 15.9 Å². The van der Waals surface area contributed by atoms with Gasteiger partial charge < -0.3 is 11.1 Å². The maximum Gasteiger partial charge on any atom is 0.255 e. The second-order valence-electron chi connectivity index (χ2n) is 6.99. The molecule has 0 aromatic heterocycles. The SMILES string of the molecule is C=CCN(Cc1ccc(C(=O)Nc2ccc(C(N)=O)cc2)cc1)S(=O)(=O)c1ccccc1. The molecule has 3 rings (SSSR count). The van der Waals surface area contributed by atoms with Crippen LogP contribution in [0.3, 0.4) is 0 Å². The van der Waals surface area contributed by atoms with Gasteiger partial charge in [-0.3, -0.25) is 9.59 Å². The van der Waals surface area contributed by atoms with Crippen LogP contribution in [0, 0.1) is 0 Å². The number of carbonyl (C=O) groups excluding carboxylic acids is 2. The summed E-state index contributed by atoms with van der Waals surface area (Å²) in [5.74, 6) is -0.874. The average Bonchev–Trinajstić information content (AvgIpc) is 2.80. The Hall–Kier alpha value is -3.75. The molecule has 0 fully saturated rings. The number of rotatable bonds is 9. The molecule has 0 aliphatic rings. The minimum absolute atomic E-state index is 0.139. The van der Waals surface area contributed by atoms with E-state index in [-0.39, 0.29) is 23.9 Å². The molecule has 0 spiro atoms. The van der Waals surface area contributed by atoms with Crippen LogP contribution < -0.4 is 11.1 Å². The van der Waals surface area contributed by atoms with Gasteiger partial charge in [0.05, 0.1) is 4.90 Å². The van der Waals surface area contributed by atoms with E-state index in [4.69, 9.17) is 5.73 Å². The molecular weight excluding hydrogens is 426 g/mol. The van der Waals surface area contributed by atoms with Gasteiger partial charge in [-0.05, 0) is 54.1 Å². The summed E-state index contributed by atoms with van der Waals surface area (Å²) in [5.41, 5.74) is 7.22. The highest BCUT2D eigenvalue weighted by Gasteiger charge is 2.23. The fourth-order valence-electron chi connectivity index (χ4n) is 3.02. The number of hydrogen-bond acceptors (Lipinski definition) is 4. The summed E-state index contributed by atoms with van der Waals surface area (Å²) in [4.78, 5) is 23.8. The minimum atomic E-state index is -3.69. The summed E-state index contributed by atoms with van der Waals surface area (Å²) in [6.07, 6.45) is 1.53. The second kappa shape index (κ2) is 10.0. The summed E-state index contributed by atoms with van der Waals surface area (Å²) in [7, 11) is -3.69. The summed E-state index contributed by atoms with van der Waals surface area (Å²) < 4.78 is 27.2. The lowest BCUT2D eigenvalue weighted by molar-refractivity contribution is 0.0998. The first-order valence-electron chi connectivity index (χ1n) is 9.77. The van der Waals surface area contributed by atoms with Gasteiger partial charge >= 0.3 is 0 Å². The highest BCUT2D eigenvalue weighted by molar-refractivity contribution is 7.89. The third-order valence-corrected chi connectivity index (χ3v) is 6.54. The molecular formula is C24H23N3O4S. The van der Waals surface area contributed by atoms with E-state index in [1.54, 1.807) is 66.7 Å². The van der Waals surface area contributed by atoms with Crippen molar-refractivity contribution in [3.05, 3.63) is 108 Å². The van der Waals surface area contributed by atoms with Crippen LogP contribution in [0.15, 0.2) is 96.4 Å². The number of nitrogens with one attached hydrogen (secondary N) is 1. The molecule has 0 radical (unpaired) electrons. The Morgan fingerprint density at radius 1 is 0.906 bits per heavy atom. The summed E-state index contributed by atoms with van der Waals surface area (Å²) in [5, 5.41) is 2.74. The Morgan fingerprint density at radius 3 is 2.06 bits per heavy atom. The van der Waals surface area contributed by atoms with E-state index in [1.807, 2.05) is 0 Å². The Bertz CT molecular complexity index is 1210. The number of sulfonamides is 1. The van der Waals surface area contributed by atoms with Crippen LogP contribution >= 0.6 is 0 Å². The zero-order valence-corrected chi connectivity index (χ0v) is 18.1. The number of hydrogen-bond donors (Lipinski definition) is 2. The first-order chi connectivity index (χ1) is 15.3. The molecule has 7 nitrogen and oxygen atoms in total. The first kappa shape index (κ1) is 22.9. The van der Waals surface area contributed by atoms with Gasteiger partial charge in [0.1, 0.15) is 0 Å². The number of amides is 2. The van der Waals surface area contributed by atoms with Gasteiger partial charge in [-0.15, -0.1) is 6.58 Å². The normalized spacial score (nSPS) is 11.2.